The topological polar surface area (TPSA) is 42.1 Å². The summed E-state index contributed by atoms with van der Waals surface area (Å²) in [4.78, 5) is 15.1. The van der Waals surface area contributed by atoms with Gasteiger partial charge in [-0.05, 0) is 48.9 Å². The maximum absolute atomic E-state index is 13.4. The van der Waals surface area contributed by atoms with E-state index >= 15 is 0 Å². The summed E-state index contributed by atoms with van der Waals surface area (Å²) in [7, 11) is 0. The molecule has 0 aliphatic carbocycles. The van der Waals surface area contributed by atoms with Crippen LogP contribution >= 0.6 is 0 Å². The predicted octanol–water partition coefficient (Wildman–Crippen LogP) is 4.75. The first-order valence-corrected chi connectivity index (χ1v) is 9.02. The van der Waals surface area contributed by atoms with Crippen LogP contribution in [0.15, 0.2) is 78.9 Å². The van der Waals surface area contributed by atoms with Gasteiger partial charge in [-0.15, -0.1) is 0 Å². The first kappa shape index (κ1) is 17.3. The molecule has 4 heteroatoms. The van der Waals surface area contributed by atoms with E-state index in [9.17, 15) is 4.79 Å². The molecule has 1 amide bonds. The van der Waals surface area contributed by atoms with E-state index < -0.39 is 0 Å². The standard InChI is InChI=1S/C23H21NO3/c1-17-12-13-22(27-16-20-15-26-20)21(14-17)24(19-10-6-3-7-11-19)23(25)18-8-4-2-5-9-18/h2-14,20H,15-16H2,1H3. The van der Waals surface area contributed by atoms with E-state index in [0.29, 0.717) is 17.9 Å². The molecule has 0 aromatic heterocycles. The SMILES string of the molecule is Cc1ccc(OCC2CO2)c(N(C(=O)c2ccccc2)c2ccccc2)c1. The number of carbonyl (C=O) groups excluding carboxylic acids is 1. The first-order chi connectivity index (χ1) is 13.2. The van der Waals surface area contributed by atoms with Crippen LogP contribution in [0.5, 0.6) is 5.75 Å². The van der Waals surface area contributed by atoms with Gasteiger partial charge in [-0.1, -0.05) is 42.5 Å². The van der Waals surface area contributed by atoms with E-state index in [1.54, 1.807) is 4.90 Å². The van der Waals surface area contributed by atoms with E-state index in [1.165, 1.54) is 0 Å². The minimum Gasteiger partial charge on any atom is -0.489 e. The fourth-order valence-corrected chi connectivity index (χ4v) is 2.92. The fraction of sp³-hybridized carbons (Fsp3) is 0.174. The Kier molecular flexibility index (Phi) is 4.90. The number of rotatable bonds is 6. The van der Waals surface area contributed by atoms with Crippen LogP contribution < -0.4 is 9.64 Å². The van der Waals surface area contributed by atoms with Crippen LogP contribution in [-0.2, 0) is 4.74 Å². The third-order valence-corrected chi connectivity index (χ3v) is 4.42. The molecule has 1 aliphatic rings. The van der Waals surface area contributed by atoms with Gasteiger partial charge in [0, 0.05) is 11.3 Å². The van der Waals surface area contributed by atoms with Crippen LogP contribution in [0.4, 0.5) is 11.4 Å². The Hall–Kier alpha value is -3.11. The molecule has 0 bridgehead atoms. The number of carbonyl (C=O) groups is 1. The maximum atomic E-state index is 13.4. The van der Waals surface area contributed by atoms with Crippen molar-refractivity contribution in [3.05, 3.63) is 90.0 Å². The van der Waals surface area contributed by atoms with Gasteiger partial charge in [-0.25, -0.2) is 0 Å². The van der Waals surface area contributed by atoms with Crippen LogP contribution in [0.3, 0.4) is 0 Å². The van der Waals surface area contributed by atoms with E-state index in [1.807, 2.05) is 85.8 Å². The number of hydrogen-bond acceptors (Lipinski definition) is 3. The van der Waals surface area contributed by atoms with Crippen LogP contribution in [0.1, 0.15) is 15.9 Å². The summed E-state index contributed by atoms with van der Waals surface area (Å²) >= 11 is 0. The molecule has 0 spiro atoms. The molecule has 0 saturated carbocycles. The van der Waals surface area contributed by atoms with E-state index in [-0.39, 0.29) is 12.0 Å². The van der Waals surface area contributed by atoms with Crippen molar-refractivity contribution >= 4 is 17.3 Å². The van der Waals surface area contributed by atoms with Crippen molar-refractivity contribution < 1.29 is 14.3 Å². The molecule has 1 fully saturated rings. The highest BCUT2D eigenvalue weighted by Gasteiger charge is 2.26. The van der Waals surface area contributed by atoms with Crippen LogP contribution in [-0.4, -0.2) is 25.2 Å². The summed E-state index contributed by atoms with van der Waals surface area (Å²) in [6.45, 7) is 3.22. The summed E-state index contributed by atoms with van der Waals surface area (Å²) in [5, 5.41) is 0. The zero-order valence-electron chi connectivity index (χ0n) is 15.2. The zero-order valence-corrected chi connectivity index (χ0v) is 15.2. The largest absolute Gasteiger partial charge is 0.489 e. The Morgan fingerprint density at radius 2 is 1.70 bits per heavy atom. The lowest BCUT2D eigenvalue weighted by molar-refractivity contribution is 0.0998. The molecular formula is C23H21NO3. The summed E-state index contributed by atoms with van der Waals surface area (Å²) in [5.74, 6) is 0.573. The predicted molar refractivity (Wildman–Crippen MR) is 106 cm³/mol. The smallest absolute Gasteiger partial charge is 0.262 e. The Labute approximate surface area is 159 Å². The molecule has 4 nitrogen and oxygen atoms in total. The molecule has 1 saturated heterocycles. The van der Waals surface area contributed by atoms with Crippen molar-refractivity contribution in [2.75, 3.05) is 18.1 Å². The third-order valence-electron chi connectivity index (χ3n) is 4.42. The number of anilines is 2. The van der Waals surface area contributed by atoms with Gasteiger partial charge in [0.2, 0.25) is 0 Å². The molecule has 1 atom stereocenters. The minimum absolute atomic E-state index is 0.0973. The molecule has 1 aliphatic heterocycles. The number of amides is 1. The lowest BCUT2D eigenvalue weighted by Gasteiger charge is -2.26. The number of nitrogens with zero attached hydrogens (tertiary/aromatic N) is 1. The molecule has 0 N–H and O–H groups in total. The average molecular weight is 359 g/mol. The molecule has 136 valence electrons. The number of benzene rings is 3. The Balaban J connectivity index is 1.78. The third kappa shape index (κ3) is 4.01. The highest BCUT2D eigenvalue weighted by atomic mass is 16.6. The second kappa shape index (κ2) is 7.64. The molecule has 3 aromatic carbocycles. The van der Waals surface area contributed by atoms with Gasteiger partial charge in [0.25, 0.3) is 5.91 Å². The number of hydrogen-bond donors (Lipinski definition) is 0. The second-order valence-electron chi connectivity index (χ2n) is 6.58. The minimum atomic E-state index is -0.0973. The molecular weight excluding hydrogens is 338 g/mol. The number of aryl methyl sites for hydroxylation is 1. The van der Waals surface area contributed by atoms with Gasteiger partial charge in [-0.2, -0.15) is 0 Å². The highest BCUT2D eigenvalue weighted by molar-refractivity contribution is 6.11. The van der Waals surface area contributed by atoms with Crippen molar-refractivity contribution in [1.82, 2.24) is 0 Å². The van der Waals surface area contributed by atoms with E-state index in [4.69, 9.17) is 9.47 Å². The fourth-order valence-electron chi connectivity index (χ4n) is 2.92. The summed E-state index contributed by atoms with van der Waals surface area (Å²) in [6.07, 6.45) is 0.147. The van der Waals surface area contributed by atoms with Crippen molar-refractivity contribution in [3.8, 4) is 5.75 Å². The number of ether oxygens (including phenoxy) is 2. The van der Waals surface area contributed by atoms with Crippen LogP contribution in [0.25, 0.3) is 0 Å². The molecule has 27 heavy (non-hydrogen) atoms. The Morgan fingerprint density at radius 3 is 2.37 bits per heavy atom. The summed E-state index contributed by atoms with van der Waals surface area (Å²) in [5.41, 5.74) is 3.21. The lowest BCUT2D eigenvalue weighted by Crippen LogP contribution is -2.26. The van der Waals surface area contributed by atoms with E-state index in [0.717, 1.165) is 23.5 Å². The average Bonchev–Trinajstić information content (AvgIpc) is 3.53. The van der Waals surface area contributed by atoms with Crippen molar-refractivity contribution in [2.45, 2.75) is 13.0 Å². The molecule has 4 rings (SSSR count). The quantitative estimate of drug-likeness (QED) is 0.597. The van der Waals surface area contributed by atoms with Gasteiger partial charge >= 0.3 is 0 Å². The Morgan fingerprint density at radius 1 is 1.04 bits per heavy atom. The summed E-state index contributed by atoms with van der Waals surface area (Å²) in [6, 6.07) is 24.8. The maximum Gasteiger partial charge on any atom is 0.262 e. The van der Waals surface area contributed by atoms with Crippen molar-refractivity contribution in [1.29, 1.82) is 0 Å². The monoisotopic (exact) mass is 359 g/mol. The molecule has 1 heterocycles. The van der Waals surface area contributed by atoms with Crippen LogP contribution in [0.2, 0.25) is 0 Å². The van der Waals surface area contributed by atoms with Gasteiger partial charge in [-0.3, -0.25) is 9.69 Å². The van der Waals surface area contributed by atoms with Crippen molar-refractivity contribution in [3.63, 3.8) is 0 Å². The zero-order chi connectivity index (χ0) is 18.6. The Bertz CT molecular complexity index is 921. The van der Waals surface area contributed by atoms with Crippen molar-refractivity contribution in [2.24, 2.45) is 0 Å². The normalized spacial score (nSPS) is 15.2. The molecule has 0 radical (unpaired) electrons. The van der Waals surface area contributed by atoms with Crippen LogP contribution in [0, 0.1) is 6.92 Å². The number of epoxide rings is 1. The summed E-state index contributed by atoms with van der Waals surface area (Å²) < 4.78 is 11.2. The van der Waals surface area contributed by atoms with E-state index in [2.05, 4.69) is 0 Å². The second-order valence-corrected chi connectivity index (χ2v) is 6.58. The van der Waals surface area contributed by atoms with Gasteiger partial charge < -0.3 is 9.47 Å². The van der Waals surface area contributed by atoms with Gasteiger partial charge in [0.1, 0.15) is 18.5 Å². The van der Waals surface area contributed by atoms with Gasteiger partial charge in [0.15, 0.2) is 0 Å². The number of para-hydroxylation sites is 1. The lowest BCUT2D eigenvalue weighted by atomic mass is 10.1. The highest BCUT2D eigenvalue weighted by Crippen LogP contribution is 2.36. The first-order valence-electron chi connectivity index (χ1n) is 9.02. The molecule has 1 unspecified atom stereocenters. The molecule has 3 aromatic rings. The van der Waals surface area contributed by atoms with Gasteiger partial charge in [0.05, 0.1) is 12.3 Å².